The smallest absolute Gasteiger partial charge is 0.418 e. The number of ether oxygens (including phenoxy) is 1. The minimum absolute atomic E-state index is 0.0575. The van der Waals surface area contributed by atoms with E-state index in [-0.39, 0.29) is 11.4 Å². The summed E-state index contributed by atoms with van der Waals surface area (Å²) in [7, 11) is 0. The Morgan fingerprint density at radius 3 is 2.48 bits per heavy atom. The van der Waals surface area contributed by atoms with Gasteiger partial charge in [-0.25, -0.2) is 0 Å². The first-order valence-electron chi connectivity index (χ1n) is 8.92. The number of carbonyl (C=O) groups is 2. The van der Waals surface area contributed by atoms with E-state index in [1.807, 2.05) is 0 Å². The summed E-state index contributed by atoms with van der Waals surface area (Å²) in [5.41, 5.74) is -1.72. The second-order valence-corrected chi connectivity index (χ2v) is 6.83. The van der Waals surface area contributed by atoms with Gasteiger partial charge in [-0.05, 0) is 55.5 Å². The number of benzene rings is 2. The van der Waals surface area contributed by atoms with E-state index >= 15 is 0 Å². The van der Waals surface area contributed by atoms with Crippen LogP contribution in [0.25, 0.3) is 0 Å². The van der Waals surface area contributed by atoms with Gasteiger partial charge in [0, 0.05) is 10.7 Å². The van der Waals surface area contributed by atoms with Crippen molar-refractivity contribution in [3.8, 4) is 5.75 Å². The van der Waals surface area contributed by atoms with Crippen molar-refractivity contribution in [2.24, 2.45) is 0 Å². The van der Waals surface area contributed by atoms with Crippen LogP contribution in [-0.4, -0.2) is 17.9 Å². The molecule has 2 aromatic carbocycles. The Balaban J connectivity index is 1.76. The molecule has 31 heavy (non-hydrogen) atoms. The van der Waals surface area contributed by atoms with E-state index in [4.69, 9.17) is 20.8 Å². The summed E-state index contributed by atoms with van der Waals surface area (Å²) in [5.74, 6) is -1.27. The summed E-state index contributed by atoms with van der Waals surface area (Å²) < 4.78 is 51.0. The van der Waals surface area contributed by atoms with Crippen molar-refractivity contribution < 1.29 is 31.9 Å². The van der Waals surface area contributed by atoms with Crippen LogP contribution in [0, 0.1) is 0 Å². The Morgan fingerprint density at radius 2 is 1.84 bits per heavy atom. The summed E-state index contributed by atoms with van der Waals surface area (Å²) in [5, 5.41) is 4.91. The van der Waals surface area contributed by atoms with Crippen molar-refractivity contribution in [3.05, 3.63) is 77.2 Å². The summed E-state index contributed by atoms with van der Waals surface area (Å²) in [4.78, 5) is 24.4. The fourth-order valence-electron chi connectivity index (χ4n) is 2.60. The van der Waals surface area contributed by atoms with E-state index in [0.29, 0.717) is 10.8 Å². The first-order valence-corrected chi connectivity index (χ1v) is 9.30. The Bertz CT molecular complexity index is 1080. The van der Waals surface area contributed by atoms with Crippen LogP contribution in [0.4, 0.5) is 24.5 Å². The number of rotatable bonds is 6. The van der Waals surface area contributed by atoms with Gasteiger partial charge in [-0.2, -0.15) is 13.2 Å². The molecular weight excluding hydrogens is 437 g/mol. The highest BCUT2D eigenvalue weighted by atomic mass is 35.5. The molecule has 1 heterocycles. The Morgan fingerprint density at radius 1 is 1.06 bits per heavy atom. The Kier molecular flexibility index (Phi) is 6.55. The van der Waals surface area contributed by atoms with Gasteiger partial charge in [-0.1, -0.05) is 17.7 Å². The molecule has 10 heteroatoms. The average molecular weight is 453 g/mol. The predicted molar refractivity (Wildman–Crippen MR) is 108 cm³/mol. The number of anilines is 2. The van der Waals surface area contributed by atoms with E-state index in [1.165, 1.54) is 37.5 Å². The molecule has 1 aromatic heterocycles. The standard InChI is InChI=1S/C21H16ClF3N2O4/c1-12(31-15-5-2-4-13(22)10-15)19(28)27-17-8-7-14(11-16(17)21(23,24)25)26-20(29)18-6-3-9-30-18/h2-12H,1H3,(H,26,29)(H,27,28). The Hall–Kier alpha value is -3.46. The van der Waals surface area contributed by atoms with E-state index in [2.05, 4.69) is 10.6 Å². The number of halogens is 4. The van der Waals surface area contributed by atoms with Gasteiger partial charge in [-0.15, -0.1) is 0 Å². The van der Waals surface area contributed by atoms with Crippen LogP contribution in [-0.2, 0) is 11.0 Å². The molecular formula is C21H16ClF3N2O4. The minimum Gasteiger partial charge on any atom is -0.481 e. The molecule has 0 saturated heterocycles. The van der Waals surface area contributed by atoms with Crippen LogP contribution < -0.4 is 15.4 Å². The molecule has 162 valence electrons. The van der Waals surface area contributed by atoms with Crippen LogP contribution in [0.3, 0.4) is 0 Å². The van der Waals surface area contributed by atoms with E-state index in [9.17, 15) is 22.8 Å². The number of furan rings is 1. The van der Waals surface area contributed by atoms with Gasteiger partial charge in [0.2, 0.25) is 0 Å². The van der Waals surface area contributed by atoms with Crippen molar-refractivity contribution in [2.75, 3.05) is 10.6 Å². The van der Waals surface area contributed by atoms with Gasteiger partial charge in [0.05, 0.1) is 17.5 Å². The SMILES string of the molecule is CC(Oc1cccc(Cl)c1)C(=O)Nc1ccc(NC(=O)c2ccco2)cc1C(F)(F)F. The van der Waals surface area contributed by atoms with Crippen molar-refractivity contribution in [1.29, 1.82) is 0 Å². The van der Waals surface area contributed by atoms with Crippen LogP contribution in [0.1, 0.15) is 23.0 Å². The number of amides is 2. The number of hydrogen-bond donors (Lipinski definition) is 2. The zero-order valence-corrected chi connectivity index (χ0v) is 16.8. The van der Waals surface area contributed by atoms with Crippen LogP contribution in [0.2, 0.25) is 5.02 Å². The first kappa shape index (κ1) is 22.2. The van der Waals surface area contributed by atoms with Crippen LogP contribution >= 0.6 is 11.6 Å². The third kappa shape index (κ3) is 5.79. The van der Waals surface area contributed by atoms with Gasteiger partial charge in [-0.3, -0.25) is 9.59 Å². The van der Waals surface area contributed by atoms with Gasteiger partial charge < -0.3 is 19.8 Å². The maximum absolute atomic E-state index is 13.6. The van der Waals surface area contributed by atoms with Crippen LogP contribution in [0.5, 0.6) is 5.75 Å². The van der Waals surface area contributed by atoms with Crippen molar-refractivity contribution >= 4 is 34.8 Å². The molecule has 0 fully saturated rings. The molecule has 0 aliphatic heterocycles. The number of carbonyl (C=O) groups excluding carboxylic acids is 2. The fourth-order valence-corrected chi connectivity index (χ4v) is 2.78. The highest BCUT2D eigenvalue weighted by molar-refractivity contribution is 6.30. The number of nitrogens with one attached hydrogen (secondary N) is 2. The van der Waals surface area contributed by atoms with Crippen molar-refractivity contribution in [3.63, 3.8) is 0 Å². The lowest BCUT2D eigenvalue weighted by atomic mass is 10.1. The molecule has 1 unspecified atom stereocenters. The highest BCUT2D eigenvalue weighted by Gasteiger charge is 2.35. The monoisotopic (exact) mass is 452 g/mol. The third-order valence-corrected chi connectivity index (χ3v) is 4.30. The molecule has 3 rings (SSSR count). The highest BCUT2D eigenvalue weighted by Crippen LogP contribution is 2.37. The normalized spacial score (nSPS) is 12.2. The lowest BCUT2D eigenvalue weighted by Crippen LogP contribution is -2.31. The second kappa shape index (κ2) is 9.13. The summed E-state index contributed by atoms with van der Waals surface area (Å²) in [6.45, 7) is 1.39. The Labute approximate surface area is 180 Å². The lowest BCUT2D eigenvalue weighted by molar-refractivity contribution is -0.137. The maximum atomic E-state index is 13.6. The zero-order valence-electron chi connectivity index (χ0n) is 16.0. The van der Waals surface area contributed by atoms with Gasteiger partial charge >= 0.3 is 6.18 Å². The predicted octanol–water partition coefficient (Wildman–Crippen LogP) is 5.61. The molecule has 2 amide bonds. The average Bonchev–Trinajstić information content (AvgIpc) is 3.23. The molecule has 0 spiro atoms. The second-order valence-electron chi connectivity index (χ2n) is 6.40. The van der Waals surface area contributed by atoms with Crippen LogP contribution in [0.15, 0.2) is 65.3 Å². The topological polar surface area (TPSA) is 80.6 Å². The van der Waals surface area contributed by atoms with Gasteiger partial charge in [0.1, 0.15) is 5.75 Å². The molecule has 0 bridgehead atoms. The quantitative estimate of drug-likeness (QED) is 0.509. The van der Waals surface area contributed by atoms with Gasteiger partial charge in [0.25, 0.3) is 11.8 Å². The first-order chi connectivity index (χ1) is 14.6. The molecule has 3 aromatic rings. The van der Waals surface area contributed by atoms with Crippen molar-refractivity contribution in [1.82, 2.24) is 0 Å². The minimum atomic E-state index is -4.79. The number of hydrogen-bond acceptors (Lipinski definition) is 4. The summed E-state index contributed by atoms with van der Waals surface area (Å²) in [6.07, 6.45) is -4.62. The third-order valence-electron chi connectivity index (χ3n) is 4.06. The number of alkyl halides is 3. The fraction of sp³-hybridized carbons (Fsp3) is 0.143. The molecule has 6 nitrogen and oxygen atoms in total. The molecule has 0 aliphatic carbocycles. The molecule has 1 atom stereocenters. The van der Waals surface area contributed by atoms with E-state index in [0.717, 1.165) is 12.1 Å². The largest absolute Gasteiger partial charge is 0.481 e. The van der Waals surface area contributed by atoms with Gasteiger partial charge in [0.15, 0.2) is 11.9 Å². The zero-order chi connectivity index (χ0) is 22.6. The lowest BCUT2D eigenvalue weighted by Gasteiger charge is -2.18. The van der Waals surface area contributed by atoms with E-state index < -0.39 is 35.3 Å². The molecule has 0 saturated carbocycles. The van der Waals surface area contributed by atoms with E-state index in [1.54, 1.807) is 18.2 Å². The molecule has 0 radical (unpaired) electrons. The maximum Gasteiger partial charge on any atom is 0.418 e. The molecule has 0 aliphatic rings. The summed E-state index contributed by atoms with van der Waals surface area (Å²) in [6, 6.07) is 12.1. The summed E-state index contributed by atoms with van der Waals surface area (Å²) >= 11 is 5.85. The molecule has 2 N–H and O–H groups in total. The van der Waals surface area contributed by atoms with Crippen molar-refractivity contribution in [2.45, 2.75) is 19.2 Å².